The van der Waals surface area contributed by atoms with E-state index < -0.39 is 5.12 Å². The molecule has 1 heterocycles. The van der Waals surface area contributed by atoms with Crippen LogP contribution in [0.5, 0.6) is 0 Å². The van der Waals surface area contributed by atoms with Crippen molar-refractivity contribution in [3.05, 3.63) is 10.6 Å². The summed E-state index contributed by atoms with van der Waals surface area (Å²) in [6, 6.07) is 0. The predicted octanol–water partition coefficient (Wildman–Crippen LogP) is 0.996. The fraction of sp³-hybridized carbons (Fsp3) is 0.800. The standard InChI is InChI=1S/C10H19N3OS/c1-14-7-6-13-8-4-2-3-5-9(8)15-10(13,11)12/h2-7,11-12H2,1H3. The number of hydrogen-bond acceptors (Lipinski definition) is 5. The van der Waals surface area contributed by atoms with Crippen molar-refractivity contribution in [2.45, 2.75) is 30.8 Å². The summed E-state index contributed by atoms with van der Waals surface area (Å²) >= 11 is 1.62. The Morgan fingerprint density at radius 3 is 2.87 bits per heavy atom. The van der Waals surface area contributed by atoms with Gasteiger partial charge in [0.25, 0.3) is 0 Å². The Labute approximate surface area is 95.0 Å². The van der Waals surface area contributed by atoms with E-state index >= 15 is 0 Å². The number of nitrogens with zero attached hydrogens (tertiary/aromatic N) is 1. The van der Waals surface area contributed by atoms with Crippen molar-refractivity contribution in [2.24, 2.45) is 11.5 Å². The minimum absolute atomic E-state index is 0.674. The summed E-state index contributed by atoms with van der Waals surface area (Å²) in [4.78, 5) is 3.50. The van der Waals surface area contributed by atoms with E-state index in [0.29, 0.717) is 6.61 Å². The molecule has 4 nitrogen and oxygen atoms in total. The highest BCUT2D eigenvalue weighted by atomic mass is 32.2. The highest BCUT2D eigenvalue weighted by molar-refractivity contribution is 8.04. The molecule has 0 bridgehead atoms. The average Bonchev–Trinajstić information content (AvgIpc) is 2.45. The van der Waals surface area contributed by atoms with Crippen LogP contribution in [0.1, 0.15) is 25.7 Å². The number of methoxy groups -OCH3 is 1. The molecule has 4 N–H and O–H groups in total. The van der Waals surface area contributed by atoms with Crippen LogP contribution < -0.4 is 11.5 Å². The molecule has 5 heteroatoms. The summed E-state index contributed by atoms with van der Waals surface area (Å²) in [6.45, 7) is 1.46. The molecule has 0 saturated heterocycles. The van der Waals surface area contributed by atoms with Crippen molar-refractivity contribution < 1.29 is 4.74 Å². The maximum Gasteiger partial charge on any atom is 0.195 e. The first-order valence-corrected chi connectivity index (χ1v) is 6.22. The third-order valence-corrected chi connectivity index (χ3v) is 4.18. The average molecular weight is 229 g/mol. The number of thioether (sulfide) groups is 1. The summed E-state index contributed by atoms with van der Waals surface area (Å²) in [5.74, 6) is 0. The number of allylic oxidation sites excluding steroid dienone is 2. The van der Waals surface area contributed by atoms with Crippen molar-refractivity contribution in [1.82, 2.24) is 4.90 Å². The van der Waals surface area contributed by atoms with Crippen LogP contribution in [0.25, 0.3) is 0 Å². The van der Waals surface area contributed by atoms with Crippen LogP contribution >= 0.6 is 11.8 Å². The van der Waals surface area contributed by atoms with Gasteiger partial charge in [0.15, 0.2) is 5.12 Å². The predicted molar refractivity (Wildman–Crippen MR) is 62.8 cm³/mol. The Balaban J connectivity index is 2.12. The van der Waals surface area contributed by atoms with E-state index in [0.717, 1.165) is 19.4 Å². The molecule has 0 unspecified atom stereocenters. The molecule has 15 heavy (non-hydrogen) atoms. The zero-order chi connectivity index (χ0) is 10.9. The fourth-order valence-corrected chi connectivity index (χ4v) is 3.50. The van der Waals surface area contributed by atoms with Gasteiger partial charge in [0.2, 0.25) is 0 Å². The van der Waals surface area contributed by atoms with Crippen LogP contribution in [0.2, 0.25) is 0 Å². The van der Waals surface area contributed by atoms with Gasteiger partial charge in [-0.25, -0.2) is 0 Å². The van der Waals surface area contributed by atoms with Gasteiger partial charge in [0.1, 0.15) is 0 Å². The van der Waals surface area contributed by atoms with Crippen molar-refractivity contribution in [2.75, 3.05) is 20.3 Å². The molecular weight excluding hydrogens is 210 g/mol. The SMILES string of the molecule is COCCN1C2=C(CCCC2)SC1(N)N. The Morgan fingerprint density at radius 2 is 2.13 bits per heavy atom. The summed E-state index contributed by atoms with van der Waals surface area (Å²) < 4.78 is 5.09. The zero-order valence-electron chi connectivity index (χ0n) is 9.16. The summed E-state index contributed by atoms with van der Waals surface area (Å²) in [6.07, 6.45) is 4.76. The number of rotatable bonds is 3. The van der Waals surface area contributed by atoms with Crippen LogP contribution in [-0.4, -0.2) is 30.3 Å². The second kappa shape index (κ2) is 4.33. The molecule has 1 aliphatic heterocycles. The topological polar surface area (TPSA) is 64.5 Å². The minimum Gasteiger partial charge on any atom is -0.383 e. The summed E-state index contributed by atoms with van der Waals surface area (Å²) in [7, 11) is 1.70. The molecule has 0 fully saturated rings. The second-order valence-corrected chi connectivity index (χ2v) is 5.43. The van der Waals surface area contributed by atoms with Crippen molar-refractivity contribution in [1.29, 1.82) is 0 Å². The van der Waals surface area contributed by atoms with Crippen molar-refractivity contribution in [3.63, 3.8) is 0 Å². The molecule has 0 aromatic heterocycles. The van der Waals surface area contributed by atoms with Crippen molar-refractivity contribution >= 4 is 11.8 Å². The van der Waals surface area contributed by atoms with Gasteiger partial charge in [-0.1, -0.05) is 11.8 Å². The van der Waals surface area contributed by atoms with Crippen LogP contribution in [-0.2, 0) is 4.74 Å². The largest absolute Gasteiger partial charge is 0.383 e. The van der Waals surface area contributed by atoms with Crippen LogP contribution in [0.4, 0.5) is 0 Å². The van der Waals surface area contributed by atoms with Gasteiger partial charge in [-0.05, 0) is 25.7 Å². The molecule has 0 aromatic carbocycles. The molecule has 0 spiro atoms. The van der Waals surface area contributed by atoms with Gasteiger partial charge in [0.05, 0.1) is 6.61 Å². The van der Waals surface area contributed by atoms with E-state index in [1.807, 2.05) is 0 Å². The third-order valence-electron chi connectivity index (χ3n) is 2.94. The maximum absolute atomic E-state index is 6.09. The molecule has 0 radical (unpaired) electrons. The Hall–Kier alpha value is -0.230. The van der Waals surface area contributed by atoms with Gasteiger partial charge in [-0.2, -0.15) is 0 Å². The van der Waals surface area contributed by atoms with E-state index in [1.165, 1.54) is 23.4 Å². The fourth-order valence-electron chi connectivity index (χ4n) is 2.21. The quantitative estimate of drug-likeness (QED) is 0.707. The van der Waals surface area contributed by atoms with E-state index in [2.05, 4.69) is 4.90 Å². The molecule has 0 aromatic rings. The first kappa shape index (κ1) is 11.3. The van der Waals surface area contributed by atoms with E-state index in [1.54, 1.807) is 18.9 Å². The lowest BCUT2D eigenvalue weighted by molar-refractivity contribution is 0.134. The maximum atomic E-state index is 6.09. The second-order valence-electron chi connectivity index (χ2n) is 4.08. The Morgan fingerprint density at radius 1 is 1.40 bits per heavy atom. The van der Waals surface area contributed by atoms with Gasteiger partial charge in [0, 0.05) is 24.3 Å². The van der Waals surface area contributed by atoms with E-state index in [-0.39, 0.29) is 0 Å². The molecule has 0 amide bonds. The molecule has 86 valence electrons. The molecule has 1 aliphatic carbocycles. The monoisotopic (exact) mass is 229 g/mol. The summed E-state index contributed by atoms with van der Waals surface area (Å²) in [5, 5.41) is -0.756. The lowest BCUT2D eigenvalue weighted by Crippen LogP contribution is -2.58. The molecule has 0 atom stereocenters. The third kappa shape index (κ3) is 2.15. The normalized spacial score (nSPS) is 24.6. The van der Waals surface area contributed by atoms with E-state index in [4.69, 9.17) is 16.2 Å². The van der Waals surface area contributed by atoms with E-state index in [9.17, 15) is 0 Å². The first-order chi connectivity index (χ1) is 7.15. The molecule has 2 rings (SSSR count). The molecule has 0 saturated carbocycles. The Kier molecular flexibility index (Phi) is 3.25. The number of nitrogens with two attached hydrogens (primary N) is 2. The van der Waals surface area contributed by atoms with Gasteiger partial charge in [-0.3, -0.25) is 11.5 Å². The molecular formula is C10H19N3OS. The number of ether oxygens (including phenoxy) is 1. The lowest BCUT2D eigenvalue weighted by atomic mass is 10.0. The van der Waals surface area contributed by atoms with Crippen LogP contribution in [0.15, 0.2) is 10.6 Å². The smallest absolute Gasteiger partial charge is 0.195 e. The highest BCUT2D eigenvalue weighted by Gasteiger charge is 2.40. The van der Waals surface area contributed by atoms with Crippen LogP contribution in [0, 0.1) is 0 Å². The summed E-state index contributed by atoms with van der Waals surface area (Å²) in [5.41, 5.74) is 13.5. The van der Waals surface area contributed by atoms with Gasteiger partial charge < -0.3 is 9.64 Å². The Bertz CT molecular complexity index is 278. The highest BCUT2D eigenvalue weighted by Crippen LogP contribution is 2.46. The first-order valence-electron chi connectivity index (χ1n) is 5.40. The van der Waals surface area contributed by atoms with Crippen LogP contribution in [0.3, 0.4) is 0 Å². The van der Waals surface area contributed by atoms with Gasteiger partial charge >= 0.3 is 0 Å². The minimum atomic E-state index is -0.756. The van der Waals surface area contributed by atoms with Crippen molar-refractivity contribution in [3.8, 4) is 0 Å². The lowest BCUT2D eigenvalue weighted by Gasteiger charge is -2.34. The molecule has 2 aliphatic rings. The zero-order valence-corrected chi connectivity index (χ0v) is 9.98. The number of hydrogen-bond donors (Lipinski definition) is 2. The van der Waals surface area contributed by atoms with Gasteiger partial charge in [-0.15, -0.1) is 0 Å².